The van der Waals surface area contributed by atoms with Gasteiger partial charge in [-0.25, -0.2) is 0 Å². The van der Waals surface area contributed by atoms with Gasteiger partial charge in [0.25, 0.3) is 5.91 Å². The van der Waals surface area contributed by atoms with Gasteiger partial charge in [0, 0.05) is 43.2 Å². The van der Waals surface area contributed by atoms with E-state index in [1.807, 2.05) is 21.9 Å². The summed E-state index contributed by atoms with van der Waals surface area (Å²) in [6, 6.07) is 13.7. The van der Waals surface area contributed by atoms with Gasteiger partial charge in [-0.05, 0) is 55.7 Å². The predicted molar refractivity (Wildman–Crippen MR) is 121 cm³/mol. The number of thioether (sulfide) groups is 1. The molecule has 0 aromatic heterocycles. The van der Waals surface area contributed by atoms with Crippen molar-refractivity contribution in [3.8, 4) is 5.75 Å². The Hall–Kier alpha value is -2.47. The van der Waals surface area contributed by atoms with E-state index >= 15 is 0 Å². The predicted octanol–water partition coefficient (Wildman–Crippen LogP) is 4.17. The van der Waals surface area contributed by atoms with E-state index in [0.717, 1.165) is 12.2 Å². The van der Waals surface area contributed by atoms with Gasteiger partial charge in [-0.15, -0.1) is 11.8 Å². The number of aryl methyl sites for hydroxylation is 2. The van der Waals surface area contributed by atoms with Crippen LogP contribution < -0.4 is 4.74 Å². The molecule has 2 aromatic carbocycles. The lowest BCUT2D eigenvalue weighted by Gasteiger charge is -2.23. The Morgan fingerprint density at radius 1 is 0.967 bits per heavy atom. The molecule has 1 heterocycles. The van der Waals surface area contributed by atoms with E-state index in [-0.39, 0.29) is 11.8 Å². The first-order valence-corrected chi connectivity index (χ1v) is 11.4. The first-order valence-electron chi connectivity index (χ1n) is 10.4. The van der Waals surface area contributed by atoms with Crippen LogP contribution in [-0.4, -0.2) is 60.7 Å². The lowest BCUT2D eigenvalue weighted by Crippen LogP contribution is -2.37. The van der Waals surface area contributed by atoms with E-state index in [9.17, 15) is 9.59 Å². The molecule has 160 valence electrons. The number of nitrogens with zero attached hydrogens (tertiary/aromatic N) is 2. The summed E-state index contributed by atoms with van der Waals surface area (Å²) in [5.74, 6) is 1.48. The Kier molecular flexibility index (Phi) is 7.80. The zero-order valence-corrected chi connectivity index (χ0v) is 18.8. The number of carbonyl (C=O) groups excluding carboxylic acids is 2. The normalized spacial score (nSPS) is 14.4. The van der Waals surface area contributed by atoms with Crippen molar-refractivity contribution < 1.29 is 14.3 Å². The molecular weight excluding hydrogens is 396 g/mol. The van der Waals surface area contributed by atoms with Gasteiger partial charge in [-0.2, -0.15) is 0 Å². The minimum Gasteiger partial charge on any atom is -0.496 e. The summed E-state index contributed by atoms with van der Waals surface area (Å²) in [4.78, 5) is 30.6. The highest BCUT2D eigenvalue weighted by atomic mass is 32.2. The Labute approximate surface area is 183 Å². The zero-order chi connectivity index (χ0) is 21.5. The number of amides is 2. The van der Waals surface area contributed by atoms with Gasteiger partial charge in [0.05, 0.1) is 12.7 Å². The quantitative estimate of drug-likeness (QED) is 0.651. The van der Waals surface area contributed by atoms with Gasteiger partial charge in [-0.1, -0.05) is 18.2 Å². The molecule has 6 heteroatoms. The van der Waals surface area contributed by atoms with Crippen LogP contribution in [0.1, 0.15) is 34.3 Å². The molecule has 1 aliphatic heterocycles. The van der Waals surface area contributed by atoms with E-state index in [0.29, 0.717) is 43.9 Å². The smallest absolute Gasteiger partial charge is 0.257 e. The summed E-state index contributed by atoms with van der Waals surface area (Å²) in [6.07, 6.45) is 1.30. The van der Waals surface area contributed by atoms with Gasteiger partial charge in [0.2, 0.25) is 5.91 Å². The molecule has 2 aromatic rings. The van der Waals surface area contributed by atoms with Gasteiger partial charge < -0.3 is 14.5 Å². The maximum atomic E-state index is 12.9. The number of rotatable bonds is 6. The lowest BCUT2D eigenvalue weighted by atomic mass is 10.1. The molecule has 1 saturated heterocycles. The first-order chi connectivity index (χ1) is 14.5. The Morgan fingerprint density at radius 3 is 2.47 bits per heavy atom. The molecule has 0 spiro atoms. The molecule has 3 rings (SSSR count). The summed E-state index contributed by atoms with van der Waals surface area (Å²) in [6.45, 7) is 6.69. The molecule has 5 nitrogen and oxygen atoms in total. The van der Waals surface area contributed by atoms with Crippen LogP contribution in [0.15, 0.2) is 47.4 Å². The largest absolute Gasteiger partial charge is 0.496 e. The van der Waals surface area contributed by atoms with Crippen molar-refractivity contribution in [2.75, 3.05) is 39.0 Å². The van der Waals surface area contributed by atoms with Crippen LogP contribution in [0.2, 0.25) is 0 Å². The zero-order valence-electron chi connectivity index (χ0n) is 18.0. The third-order valence-corrected chi connectivity index (χ3v) is 6.53. The van der Waals surface area contributed by atoms with Crippen LogP contribution in [0.3, 0.4) is 0 Å². The van der Waals surface area contributed by atoms with Crippen LogP contribution in [0, 0.1) is 13.8 Å². The van der Waals surface area contributed by atoms with Crippen molar-refractivity contribution in [1.82, 2.24) is 9.80 Å². The lowest BCUT2D eigenvalue weighted by molar-refractivity contribution is -0.130. The van der Waals surface area contributed by atoms with Gasteiger partial charge in [-0.3, -0.25) is 9.59 Å². The maximum Gasteiger partial charge on any atom is 0.257 e. The summed E-state index contributed by atoms with van der Waals surface area (Å²) in [5, 5.41) is 0. The number of methoxy groups -OCH3 is 1. The molecule has 2 amide bonds. The number of carbonyl (C=O) groups is 2. The number of para-hydroxylation sites is 1. The highest BCUT2D eigenvalue weighted by Crippen LogP contribution is 2.23. The van der Waals surface area contributed by atoms with Crippen molar-refractivity contribution >= 4 is 23.6 Å². The van der Waals surface area contributed by atoms with Crippen molar-refractivity contribution in [2.24, 2.45) is 0 Å². The monoisotopic (exact) mass is 426 g/mol. The third kappa shape index (κ3) is 5.57. The average Bonchev–Trinajstić information content (AvgIpc) is 3.02. The third-order valence-electron chi connectivity index (χ3n) is 5.54. The standard InChI is InChI=1S/C24H30N2O3S/c1-18-9-10-20(17-19(18)2)30-16-11-23(27)25-12-6-13-26(15-14-25)24(28)21-7-4-5-8-22(21)29-3/h4-5,7-10,17H,6,11-16H2,1-3H3. The van der Waals surface area contributed by atoms with Crippen LogP contribution >= 0.6 is 11.8 Å². The fourth-order valence-electron chi connectivity index (χ4n) is 3.58. The first kappa shape index (κ1) is 22.2. The molecule has 30 heavy (non-hydrogen) atoms. The second kappa shape index (κ2) is 10.5. The van der Waals surface area contributed by atoms with Crippen molar-refractivity contribution in [2.45, 2.75) is 31.6 Å². The van der Waals surface area contributed by atoms with Gasteiger partial charge in [0.15, 0.2) is 0 Å². The number of hydrogen-bond acceptors (Lipinski definition) is 4. The van der Waals surface area contributed by atoms with Crippen LogP contribution in [-0.2, 0) is 4.79 Å². The fraction of sp³-hybridized carbons (Fsp3) is 0.417. The topological polar surface area (TPSA) is 49.9 Å². The van der Waals surface area contributed by atoms with E-state index in [1.54, 1.807) is 31.0 Å². The molecule has 0 unspecified atom stereocenters. The second-order valence-corrected chi connectivity index (χ2v) is 8.74. The summed E-state index contributed by atoms with van der Waals surface area (Å²) in [5.41, 5.74) is 3.13. The Bertz CT molecular complexity index is 900. The van der Waals surface area contributed by atoms with E-state index in [4.69, 9.17) is 4.74 Å². The number of ether oxygens (including phenoxy) is 1. The van der Waals surface area contributed by atoms with Crippen molar-refractivity contribution in [1.29, 1.82) is 0 Å². The molecule has 0 N–H and O–H groups in total. The maximum absolute atomic E-state index is 12.9. The fourth-order valence-corrected chi connectivity index (χ4v) is 4.52. The molecule has 0 aliphatic carbocycles. The van der Waals surface area contributed by atoms with E-state index in [2.05, 4.69) is 32.0 Å². The molecule has 1 fully saturated rings. The van der Waals surface area contributed by atoms with Crippen molar-refractivity contribution in [3.05, 3.63) is 59.2 Å². The highest BCUT2D eigenvalue weighted by molar-refractivity contribution is 7.99. The van der Waals surface area contributed by atoms with Crippen LogP contribution in [0.25, 0.3) is 0 Å². The second-order valence-electron chi connectivity index (χ2n) is 7.57. The van der Waals surface area contributed by atoms with E-state index < -0.39 is 0 Å². The van der Waals surface area contributed by atoms with Gasteiger partial charge in [0.1, 0.15) is 5.75 Å². The minimum atomic E-state index is -0.0351. The molecular formula is C24H30N2O3S. The van der Waals surface area contributed by atoms with Crippen LogP contribution in [0.5, 0.6) is 5.75 Å². The Morgan fingerprint density at radius 2 is 1.70 bits per heavy atom. The number of hydrogen-bond donors (Lipinski definition) is 0. The van der Waals surface area contributed by atoms with E-state index in [1.165, 1.54) is 16.0 Å². The van der Waals surface area contributed by atoms with Crippen LogP contribution in [0.4, 0.5) is 0 Å². The summed E-state index contributed by atoms with van der Waals surface area (Å²) in [7, 11) is 1.57. The molecule has 0 radical (unpaired) electrons. The minimum absolute atomic E-state index is 0.0351. The van der Waals surface area contributed by atoms with Gasteiger partial charge >= 0.3 is 0 Å². The molecule has 0 bridgehead atoms. The van der Waals surface area contributed by atoms with Crippen molar-refractivity contribution in [3.63, 3.8) is 0 Å². The molecule has 0 atom stereocenters. The number of benzene rings is 2. The Balaban J connectivity index is 1.51. The highest BCUT2D eigenvalue weighted by Gasteiger charge is 2.24. The average molecular weight is 427 g/mol. The summed E-state index contributed by atoms with van der Waals surface area (Å²) < 4.78 is 5.33. The molecule has 0 saturated carbocycles. The summed E-state index contributed by atoms with van der Waals surface area (Å²) >= 11 is 1.72. The SMILES string of the molecule is COc1ccccc1C(=O)N1CCCN(C(=O)CCSc2ccc(C)c(C)c2)CC1. The molecule has 1 aliphatic rings.